The van der Waals surface area contributed by atoms with Crippen molar-refractivity contribution >= 4 is 50.1 Å². The van der Waals surface area contributed by atoms with Crippen molar-refractivity contribution in [1.82, 2.24) is 9.29 Å². The van der Waals surface area contributed by atoms with Gasteiger partial charge in [-0.15, -0.1) is 35.8 Å². The summed E-state index contributed by atoms with van der Waals surface area (Å²) in [4.78, 5) is 17.2. The van der Waals surface area contributed by atoms with E-state index in [1.54, 1.807) is 5.38 Å². The molecule has 14 heteroatoms. The first-order valence-electron chi connectivity index (χ1n) is 10.2. The molecule has 1 aliphatic heterocycles. The number of aromatic nitrogens is 1. The molecule has 2 aromatic heterocycles. The highest BCUT2D eigenvalue weighted by Crippen LogP contribution is 2.34. The number of benzene rings is 1. The SMILES string of the molecule is O=C(CCc1nc(-c2ccc(OC(F)(F)F)c(F)c2)cs1)[C@@H]1CCCN1S(=O)(=O)c1ccc(Cl)s1. The minimum absolute atomic E-state index is 0.0571. The monoisotopic (exact) mass is 568 g/mol. The predicted octanol–water partition coefficient (Wildman–Crippen LogP) is 5.92. The highest BCUT2D eigenvalue weighted by Gasteiger charge is 2.39. The van der Waals surface area contributed by atoms with Crippen molar-refractivity contribution in [1.29, 1.82) is 0 Å². The molecule has 1 atom stereocenters. The largest absolute Gasteiger partial charge is 0.573 e. The summed E-state index contributed by atoms with van der Waals surface area (Å²) in [6.07, 6.45) is -3.71. The van der Waals surface area contributed by atoms with Crippen LogP contribution in [0.15, 0.2) is 39.9 Å². The van der Waals surface area contributed by atoms with Crippen LogP contribution in [0, 0.1) is 5.82 Å². The third kappa shape index (κ3) is 6.02. The number of carbonyl (C=O) groups is 1. The lowest BCUT2D eigenvalue weighted by molar-refractivity contribution is -0.275. The zero-order valence-corrected chi connectivity index (χ0v) is 20.9. The Morgan fingerprint density at radius 3 is 2.69 bits per heavy atom. The fraction of sp³-hybridized carbons (Fsp3) is 0.333. The Morgan fingerprint density at radius 2 is 2.03 bits per heavy atom. The molecule has 0 radical (unpaired) electrons. The van der Waals surface area contributed by atoms with Crippen molar-refractivity contribution in [2.75, 3.05) is 6.54 Å². The number of thiazole rings is 1. The number of hydrogen-bond acceptors (Lipinski definition) is 7. The molecule has 1 saturated heterocycles. The van der Waals surface area contributed by atoms with Crippen molar-refractivity contribution < 1.29 is 35.5 Å². The van der Waals surface area contributed by atoms with E-state index < -0.39 is 34.0 Å². The molecule has 0 unspecified atom stereocenters. The lowest BCUT2D eigenvalue weighted by atomic mass is 10.1. The Hall–Kier alpha value is -2.06. The minimum atomic E-state index is -5.01. The average Bonchev–Trinajstić information content (AvgIpc) is 3.53. The summed E-state index contributed by atoms with van der Waals surface area (Å²) < 4.78 is 82.1. The summed E-state index contributed by atoms with van der Waals surface area (Å²) in [5.41, 5.74) is 0.600. The molecule has 0 aliphatic carbocycles. The van der Waals surface area contributed by atoms with Gasteiger partial charge in [0.05, 0.1) is 21.1 Å². The number of carbonyl (C=O) groups excluding carboxylic acids is 1. The highest BCUT2D eigenvalue weighted by atomic mass is 35.5. The molecule has 0 amide bonds. The van der Waals surface area contributed by atoms with Crippen molar-refractivity contribution in [3.63, 3.8) is 0 Å². The third-order valence-electron chi connectivity index (χ3n) is 5.28. The number of alkyl halides is 3. The quantitative estimate of drug-likeness (QED) is 0.315. The van der Waals surface area contributed by atoms with E-state index in [0.717, 1.165) is 23.5 Å². The Labute approximate surface area is 211 Å². The van der Waals surface area contributed by atoms with Gasteiger partial charge in [-0.3, -0.25) is 4.79 Å². The Morgan fingerprint density at radius 1 is 1.26 bits per heavy atom. The van der Waals surface area contributed by atoms with Crippen molar-refractivity contribution in [3.8, 4) is 17.0 Å². The minimum Gasteiger partial charge on any atom is -0.403 e. The van der Waals surface area contributed by atoms with E-state index in [1.807, 2.05) is 0 Å². The van der Waals surface area contributed by atoms with Gasteiger partial charge in [0.15, 0.2) is 17.3 Å². The van der Waals surface area contributed by atoms with E-state index in [1.165, 1.54) is 33.8 Å². The van der Waals surface area contributed by atoms with Crippen LogP contribution in [0.2, 0.25) is 4.34 Å². The van der Waals surface area contributed by atoms with Gasteiger partial charge < -0.3 is 4.74 Å². The van der Waals surface area contributed by atoms with E-state index in [2.05, 4.69) is 9.72 Å². The highest BCUT2D eigenvalue weighted by molar-refractivity contribution is 7.91. The van der Waals surface area contributed by atoms with Crippen LogP contribution in [-0.2, 0) is 21.2 Å². The van der Waals surface area contributed by atoms with Crippen LogP contribution in [0.4, 0.5) is 17.6 Å². The van der Waals surface area contributed by atoms with Crippen molar-refractivity contribution in [2.45, 2.75) is 42.3 Å². The van der Waals surface area contributed by atoms with E-state index in [9.17, 15) is 30.8 Å². The maximum absolute atomic E-state index is 14.0. The summed E-state index contributed by atoms with van der Waals surface area (Å²) in [5, 5.41) is 2.16. The van der Waals surface area contributed by atoms with Gasteiger partial charge in [0.25, 0.3) is 10.0 Å². The number of nitrogens with zero attached hydrogens (tertiary/aromatic N) is 2. The van der Waals surface area contributed by atoms with Crippen molar-refractivity contribution in [2.24, 2.45) is 0 Å². The van der Waals surface area contributed by atoms with Gasteiger partial charge in [0.1, 0.15) is 4.21 Å². The summed E-state index contributed by atoms with van der Waals surface area (Å²) in [6.45, 7) is 0.245. The number of ketones is 1. The summed E-state index contributed by atoms with van der Waals surface area (Å²) >= 11 is 8.02. The molecule has 0 N–H and O–H groups in total. The van der Waals surface area contributed by atoms with Gasteiger partial charge >= 0.3 is 6.36 Å². The lowest BCUT2D eigenvalue weighted by Gasteiger charge is -2.22. The third-order valence-corrected chi connectivity index (χ3v) is 9.79. The number of Topliss-reactive ketones (excluding diaryl/α,β-unsaturated/α-hetero) is 1. The molecule has 3 heterocycles. The zero-order valence-electron chi connectivity index (χ0n) is 17.7. The summed E-state index contributed by atoms with van der Waals surface area (Å²) in [7, 11) is -3.83. The predicted molar refractivity (Wildman–Crippen MR) is 124 cm³/mol. The van der Waals surface area contributed by atoms with Gasteiger partial charge in [-0.2, -0.15) is 4.31 Å². The normalized spacial score (nSPS) is 17.1. The molecule has 1 fully saturated rings. The van der Waals surface area contributed by atoms with Crippen LogP contribution in [0.25, 0.3) is 11.3 Å². The second-order valence-electron chi connectivity index (χ2n) is 7.62. The topological polar surface area (TPSA) is 76.6 Å². The molecule has 0 spiro atoms. The molecule has 35 heavy (non-hydrogen) atoms. The Balaban J connectivity index is 1.40. The first-order chi connectivity index (χ1) is 16.4. The van der Waals surface area contributed by atoms with Gasteiger partial charge in [-0.25, -0.2) is 17.8 Å². The first-order valence-corrected chi connectivity index (χ1v) is 13.8. The van der Waals surface area contributed by atoms with Crippen LogP contribution in [0.3, 0.4) is 0 Å². The number of halogens is 5. The number of hydrogen-bond donors (Lipinski definition) is 0. The molecular formula is C21H17ClF4N2O4S3. The molecule has 3 aromatic rings. The van der Waals surface area contributed by atoms with Gasteiger partial charge in [0.2, 0.25) is 0 Å². The number of rotatable bonds is 8. The maximum atomic E-state index is 14.0. The fourth-order valence-corrected chi connectivity index (χ4v) is 7.82. The second-order valence-corrected chi connectivity index (χ2v) is 12.4. The van der Waals surface area contributed by atoms with Crippen LogP contribution in [0.5, 0.6) is 5.75 Å². The Kier molecular flexibility index (Phi) is 7.53. The zero-order chi connectivity index (χ0) is 25.4. The number of aryl methyl sites for hydroxylation is 1. The summed E-state index contributed by atoms with van der Waals surface area (Å²) in [5.74, 6) is -2.35. The van der Waals surface area contributed by atoms with Crippen LogP contribution < -0.4 is 4.74 Å². The lowest BCUT2D eigenvalue weighted by Crippen LogP contribution is -2.40. The molecule has 4 rings (SSSR count). The second kappa shape index (κ2) is 10.1. The molecular weight excluding hydrogens is 552 g/mol. The molecule has 1 aliphatic rings. The van der Waals surface area contributed by atoms with Gasteiger partial charge in [0, 0.05) is 30.3 Å². The maximum Gasteiger partial charge on any atom is 0.573 e. The summed E-state index contributed by atoms with van der Waals surface area (Å²) in [6, 6.07) is 5.17. The van der Waals surface area contributed by atoms with E-state index >= 15 is 0 Å². The number of ether oxygens (including phenoxy) is 1. The molecule has 0 saturated carbocycles. The average molecular weight is 569 g/mol. The van der Waals surface area contributed by atoms with E-state index in [-0.39, 0.29) is 34.9 Å². The molecule has 188 valence electrons. The van der Waals surface area contributed by atoms with E-state index in [0.29, 0.717) is 27.9 Å². The fourth-order valence-electron chi connectivity index (χ4n) is 3.72. The standard InChI is InChI=1S/C21H17ClF4N2O4S3/c22-18-6-8-20(34-18)35(30,31)28-9-1-2-15(28)16(29)4-7-19-27-14(11-33-19)12-3-5-17(13(23)10-12)32-21(24,25)26/h3,5-6,8,10-11,15H,1-2,4,7,9H2/t15-/m0/s1. The first kappa shape index (κ1) is 26.0. The molecule has 6 nitrogen and oxygen atoms in total. The van der Waals surface area contributed by atoms with Crippen LogP contribution in [0.1, 0.15) is 24.3 Å². The van der Waals surface area contributed by atoms with Crippen LogP contribution >= 0.6 is 34.3 Å². The smallest absolute Gasteiger partial charge is 0.403 e. The Bertz CT molecular complexity index is 1340. The molecule has 1 aromatic carbocycles. The van der Waals surface area contributed by atoms with E-state index in [4.69, 9.17) is 11.6 Å². The van der Waals surface area contributed by atoms with Gasteiger partial charge in [-0.05, 0) is 43.2 Å². The number of sulfonamides is 1. The number of thiophene rings is 1. The van der Waals surface area contributed by atoms with Crippen LogP contribution in [-0.4, -0.2) is 42.4 Å². The van der Waals surface area contributed by atoms with Gasteiger partial charge in [-0.1, -0.05) is 11.6 Å². The molecule has 0 bridgehead atoms. The van der Waals surface area contributed by atoms with Crippen molar-refractivity contribution in [3.05, 3.63) is 50.9 Å².